The van der Waals surface area contributed by atoms with Gasteiger partial charge in [0.05, 0.1) is 10.8 Å². The molecule has 2 aromatic carbocycles. The first kappa shape index (κ1) is 12.9. The zero-order valence-electron chi connectivity index (χ0n) is 12.3. The Bertz CT molecular complexity index is 864. The van der Waals surface area contributed by atoms with Gasteiger partial charge in [-0.3, -0.25) is 4.79 Å². The number of fused-ring (bicyclic) bond motifs is 2. The Labute approximate surface area is 118 Å². The summed E-state index contributed by atoms with van der Waals surface area (Å²) in [5.41, 5.74) is 3.39. The molecule has 102 valence electrons. The normalized spacial score (nSPS) is 12.2. The van der Waals surface area contributed by atoms with Gasteiger partial charge in [0.1, 0.15) is 11.2 Å². The SMILES string of the molecule is Cc1ccc2oc3cccc(C(C)(C)C)c3c(=O)c2c1. The van der Waals surface area contributed by atoms with Crippen molar-refractivity contribution in [2.75, 3.05) is 0 Å². The van der Waals surface area contributed by atoms with E-state index in [2.05, 4.69) is 20.8 Å². The molecule has 0 bridgehead atoms. The van der Waals surface area contributed by atoms with Crippen molar-refractivity contribution in [2.45, 2.75) is 33.1 Å². The van der Waals surface area contributed by atoms with Gasteiger partial charge in [-0.15, -0.1) is 0 Å². The molecule has 0 fully saturated rings. The van der Waals surface area contributed by atoms with Gasteiger partial charge in [0, 0.05) is 0 Å². The van der Waals surface area contributed by atoms with Gasteiger partial charge in [-0.2, -0.15) is 0 Å². The third-order valence-corrected chi connectivity index (χ3v) is 3.66. The van der Waals surface area contributed by atoms with Crippen LogP contribution in [0.4, 0.5) is 0 Å². The van der Waals surface area contributed by atoms with Crippen LogP contribution in [0.25, 0.3) is 21.9 Å². The molecular formula is C18H18O2. The molecule has 0 aliphatic heterocycles. The third-order valence-electron chi connectivity index (χ3n) is 3.66. The first-order valence-electron chi connectivity index (χ1n) is 6.84. The predicted molar refractivity (Wildman–Crippen MR) is 83.4 cm³/mol. The fourth-order valence-corrected chi connectivity index (χ4v) is 2.64. The van der Waals surface area contributed by atoms with E-state index in [0.29, 0.717) is 21.9 Å². The molecule has 0 atom stereocenters. The van der Waals surface area contributed by atoms with E-state index < -0.39 is 0 Å². The zero-order chi connectivity index (χ0) is 14.5. The highest BCUT2D eigenvalue weighted by Gasteiger charge is 2.20. The van der Waals surface area contributed by atoms with E-state index in [1.54, 1.807) is 0 Å². The summed E-state index contributed by atoms with van der Waals surface area (Å²) in [4.78, 5) is 12.8. The number of rotatable bonds is 0. The first-order chi connectivity index (χ1) is 9.38. The lowest BCUT2D eigenvalue weighted by Gasteiger charge is -2.20. The van der Waals surface area contributed by atoms with E-state index in [4.69, 9.17) is 4.42 Å². The summed E-state index contributed by atoms with van der Waals surface area (Å²) < 4.78 is 5.92. The topological polar surface area (TPSA) is 30.2 Å². The smallest absolute Gasteiger partial charge is 0.200 e. The van der Waals surface area contributed by atoms with Gasteiger partial charge in [0.15, 0.2) is 0 Å². The molecule has 0 saturated heterocycles. The highest BCUT2D eigenvalue weighted by Crippen LogP contribution is 2.29. The van der Waals surface area contributed by atoms with Gasteiger partial charge in [-0.05, 0) is 36.1 Å². The second-order valence-electron chi connectivity index (χ2n) is 6.36. The van der Waals surface area contributed by atoms with Crippen LogP contribution in [0.2, 0.25) is 0 Å². The summed E-state index contributed by atoms with van der Waals surface area (Å²) in [7, 11) is 0. The number of benzene rings is 2. The Balaban J connectivity index is 2.56. The van der Waals surface area contributed by atoms with Crippen LogP contribution in [0, 0.1) is 6.92 Å². The maximum Gasteiger partial charge on any atom is 0.200 e. The van der Waals surface area contributed by atoms with Crippen LogP contribution in [0.5, 0.6) is 0 Å². The monoisotopic (exact) mass is 266 g/mol. The Morgan fingerprint density at radius 2 is 1.75 bits per heavy atom. The molecule has 0 aliphatic carbocycles. The fourth-order valence-electron chi connectivity index (χ4n) is 2.64. The largest absolute Gasteiger partial charge is 0.456 e. The molecule has 0 spiro atoms. The molecule has 0 amide bonds. The lowest BCUT2D eigenvalue weighted by molar-refractivity contribution is 0.592. The molecule has 2 nitrogen and oxygen atoms in total. The zero-order valence-corrected chi connectivity index (χ0v) is 12.3. The molecule has 0 saturated carbocycles. The van der Waals surface area contributed by atoms with Crippen LogP contribution in [-0.2, 0) is 5.41 Å². The van der Waals surface area contributed by atoms with Crippen molar-refractivity contribution in [1.82, 2.24) is 0 Å². The number of hydrogen-bond acceptors (Lipinski definition) is 2. The highest BCUT2D eigenvalue weighted by molar-refractivity contribution is 5.92. The Morgan fingerprint density at radius 3 is 2.45 bits per heavy atom. The first-order valence-corrected chi connectivity index (χ1v) is 6.84. The average Bonchev–Trinajstić information content (AvgIpc) is 2.38. The second-order valence-corrected chi connectivity index (χ2v) is 6.36. The van der Waals surface area contributed by atoms with Crippen molar-refractivity contribution < 1.29 is 4.42 Å². The van der Waals surface area contributed by atoms with E-state index in [1.807, 2.05) is 43.3 Å². The highest BCUT2D eigenvalue weighted by atomic mass is 16.3. The van der Waals surface area contributed by atoms with E-state index in [1.165, 1.54) is 0 Å². The van der Waals surface area contributed by atoms with Gasteiger partial charge in [-0.25, -0.2) is 0 Å². The molecule has 3 aromatic rings. The van der Waals surface area contributed by atoms with E-state index in [0.717, 1.165) is 11.1 Å². The predicted octanol–water partition coefficient (Wildman–Crippen LogP) is 4.55. The Morgan fingerprint density at radius 1 is 1.00 bits per heavy atom. The summed E-state index contributed by atoms with van der Waals surface area (Å²) in [6, 6.07) is 11.6. The molecule has 0 unspecified atom stereocenters. The van der Waals surface area contributed by atoms with Crippen molar-refractivity contribution in [3.05, 3.63) is 57.7 Å². The molecule has 0 radical (unpaired) electrons. The van der Waals surface area contributed by atoms with Gasteiger partial charge < -0.3 is 4.42 Å². The van der Waals surface area contributed by atoms with Crippen LogP contribution < -0.4 is 5.43 Å². The van der Waals surface area contributed by atoms with E-state index in [9.17, 15) is 4.79 Å². The van der Waals surface area contributed by atoms with Crippen molar-refractivity contribution in [1.29, 1.82) is 0 Å². The standard InChI is InChI=1S/C18H18O2/c1-11-8-9-14-12(10-11)17(19)16-13(18(2,3)4)6-5-7-15(16)20-14/h5-10H,1-4H3. The average molecular weight is 266 g/mol. The summed E-state index contributed by atoms with van der Waals surface area (Å²) in [6.45, 7) is 8.32. The molecule has 1 heterocycles. The third kappa shape index (κ3) is 1.92. The summed E-state index contributed by atoms with van der Waals surface area (Å²) in [6.07, 6.45) is 0. The van der Waals surface area contributed by atoms with Crippen LogP contribution in [-0.4, -0.2) is 0 Å². The van der Waals surface area contributed by atoms with Crippen molar-refractivity contribution in [3.8, 4) is 0 Å². The van der Waals surface area contributed by atoms with Crippen molar-refractivity contribution in [3.63, 3.8) is 0 Å². The van der Waals surface area contributed by atoms with Gasteiger partial charge >= 0.3 is 0 Å². The van der Waals surface area contributed by atoms with Gasteiger partial charge in [0.25, 0.3) is 0 Å². The summed E-state index contributed by atoms with van der Waals surface area (Å²) in [5.74, 6) is 0. The van der Waals surface area contributed by atoms with E-state index >= 15 is 0 Å². The van der Waals surface area contributed by atoms with Crippen LogP contribution in [0.1, 0.15) is 31.9 Å². The number of aryl methyl sites for hydroxylation is 1. The summed E-state index contributed by atoms with van der Waals surface area (Å²) >= 11 is 0. The molecule has 1 aromatic heterocycles. The van der Waals surface area contributed by atoms with Crippen molar-refractivity contribution >= 4 is 21.9 Å². The molecule has 3 rings (SSSR count). The van der Waals surface area contributed by atoms with Crippen LogP contribution in [0.3, 0.4) is 0 Å². The molecule has 0 aliphatic rings. The molecule has 0 N–H and O–H groups in total. The lowest BCUT2D eigenvalue weighted by Crippen LogP contribution is -2.16. The van der Waals surface area contributed by atoms with Crippen molar-refractivity contribution in [2.24, 2.45) is 0 Å². The van der Waals surface area contributed by atoms with Gasteiger partial charge in [-0.1, -0.05) is 44.5 Å². The second kappa shape index (κ2) is 4.20. The Kier molecular flexibility index (Phi) is 2.72. The van der Waals surface area contributed by atoms with Crippen LogP contribution in [0.15, 0.2) is 45.6 Å². The minimum absolute atomic E-state index is 0.0653. The maximum atomic E-state index is 12.8. The van der Waals surface area contributed by atoms with Gasteiger partial charge in [0.2, 0.25) is 5.43 Å². The summed E-state index contributed by atoms with van der Waals surface area (Å²) in [5, 5.41) is 1.37. The van der Waals surface area contributed by atoms with Crippen LogP contribution >= 0.6 is 0 Å². The molecular weight excluding hydrogens is 248 g/mol. The maximum absolute atomic E-state index is 12.8. The minimum Gasteiger partial charge on any atom is -0.456 e. The molecule has 2 heteroatoms. The lowest BCUT2D eigenvalue weighted by atomic mass is 9.84. The quantitative estimate of drug-likeness (QED) is 0.559. The number of hydrogen-bond donors (Lipinski definition) is 0. The van der Waals surface area contributed by atoms with E-state index in [-0.39, 0.29) is 10.8 Å². The minimum atomic E-state index is -0.0916. The Hall–Kier alpha value is -2.09. The molecule has 20 heavy (non-hydrogen) atoms. The fraction of sp³-hybridized carbons (Fsp3) is 0.278.